The molecule has 1 fully saturated rings. The van der Waals surface area contributed by atoms with Crippen molar-refractivity contribution >= 4 is 44.4 Å². The molecule has 0 bridgehead atoms. The van der Waals surface area contributed by atoms with Crippen molar-refractivity contribution in [2.45, 2.75) is 36.1 Å². The molecule has 0 spiro atoms. The Morgan fingerprint density at radius 2 is 2.00 bits per heavy atom. The number of aromatic nitrogens is 2. The van der Waals surface area contributed by atoms with Gasteiger partial charge in [-0.05, 0) is 57.1 Å². The van der Waals surface area contributed by atoms with Gasteiger partial charge in [0.2, 0.25) is 5.91 Å². The summed E-state index contributed by atoms with van der Waals surface area (Å²) in [5.41, 5.74) is 0.929. The van der Waals surface area contributed by atoms with Gasteiger partial charge in [-0.3, -0.25) is 9.69 Å². The maximum atomic E-state index is 12.7. The van der Waals surface area contributed by atoms with E-state index in [1.54, 1.807) is 0 Å². The number of carbonyl (C=O) groups excluding carboxylic acids is 1. The zero-order chi connectivity index (χ0) is 18.6. The van der Waals surface area contributed by atoms with Gasteiger partial charge in [0.1, 0.15) is 0 Å². The fourth-order valence-electron chi connectivity index (χ4n) is 3.27. The first-order valence-electron chi connectivity index (χ1n) is 9.17. The lowest BCUT2D eigenvalue weighted by Gasteiger charge is -2.34. The van der Waals surface area contributed by atoms with Crippen LogP contribution in [0.5, 0.6) is 0 Å². The number of rotatable bonds is 5. The van der Waals surface area contributed by atoms with Crippen LogP contribution in [-0.4, -0.2) is 45.2 Å². The molecule has 0 saturated carbocycles. The SMILES string of the molecule is C[C@H](C(=O)Nc1nc2ccccc2s1)N1CCC(Sc2ccccn2)CC1. The van der Waals surface area contributed by atoms with Gasteiger partial charge in [-0.25, -0.2) is 9.97 Å². The first-order valence-corrected chi connectivity index (χ1v) is 10.9. The van der Waals surface area contributed by atoms with Gasteiger partial charge in [0.05, 0.1) is 21.3 Å². The van der Waals surface area contributed by atoms with Crippen LogP contribution in [0.1, 0.15) is 19.8 Å². The van der Waals surface area contributed by atoms with E-state index in [-0.39, 0.29) is 11.9 Å². The van der Waals surface area contributed by atoms with Crippen LogP contribution in [-0.2, 0) is 4.79 Å². The number of nitrogens with zero attached hydrogens (tertiary/aromatic N) is 3. The number of para-hydroxylation sites is 1. The van der Waals surface area contributed by atoms with E-state index in [4.69, 9.17) is 0 Å². The van der Waals surface area contributed by atoms with E-state index in [9.17, 15) is 4.79 Å². The summed E-state index contributed by atoms with van der Waals surface area (Å²) in [6.45, 7) is 3.84. The molecule has 27 heavy (non-hydrogen) atoms. The number of likely N-dealkylation sites (tertiary alicyclic amines) is 1. The fourth-order valence-corrected chi connectivity index (χ4v) is 5.21. The molecule has 3 heterocycles. The minimum atomic E-state index is -0.155. The van der Waals surface area contributed by atoms with Crippen LogP contribution < -0.4 is 5.32 Å². The standard InChI is InChI=1S/C20H22N4OS2/c1-14(19(25)23-20-22-16-6-2-3-7-17(16)27-20)24-12-9-15(10-13-24)26-18-8-4-5-11-21-18/h2-8,11,14-15H,9-10,12-13H2,1H3,(H,22,23,25)/t14-/m1/s1. The molecule has 1 amide bonds. The molecule has 140 valence electrons. The van der Waals surface area contributed by atoms with Crippen LogP contribution in [0.2, 0.25) is 0 Å². The van der Waals surface area contributed by atoms with Crippen molar-refractivity contribution in [2.75, 3.05) is 18.4 Å². The van der Waals surface area contributed by atoms with Crippen LogP contribution >= 0.6 is 23.1 Å². The summed E-state index contributed by atoms with van der Waals surface area (Å²) in [6, 6.07) is 13.8. The van der Waals surface area contributed by atoms with Crippen LogP contribution in [0.15, 0.2) is 53.7 Å². The van der Waals surface area contributed by atoms with E-state index in [1.165, 1.54) is 11.3 Å². The number of nitrogens with one attached hydrogen (secondary N) is 1. The molecule has 0 unspecified atom stereocenters. The van der Waals surface area contributed by atoms with Crippen molar-refractivity contribution in [2.24, 2.45) is 0 Å². The fraction of sp³-hybridized carbons (Fsp3) is 0.350. The summed E-state index contributed by atoms with van der Waals surface area (Å²) in [5, 5.41) is 5.31. The molecule has 1 aliphatic rings. The molecule has 5 nitrogen and oxygen atoms in total. The molecule has 1 N–H and O–H groups in total. The van der Waals surface area contributed by atoms with Gasteiger partial charge >= 0.3 is 0 Å². The van der Waals surface area contributed by atoms with Crippen molar-refractivity contribution in [1.29, 1.82) is 0 Å². The van der Waals surface area contributed by atoms with Gasteiger partial charge in [-0.2, -0.15) is 0 Å². The minimum Gasteiger partial charge on any atom is -0.301 e. The Hall–Kier alpha value is -1.96. The summed E-state index contributed by atoms with van der Waals surface area (Å²) in [5.74, 6) is 0.0184. The molecular formula is C20H22N4OS2. The second-order valence-electron chi connectivity index (χ2n) is 6.67. The molecule has 2 aromatic heterocycles. The summed E-state index contributed by atoms with van der Waals surface area (Å²) in [7, 11) is 0. The third-order valence-corrected chi connectivity index (χ3v) is 7.09. The number of benzene rings is 1. The number of carbonyl (C=O) groups is 1. The van der Waals surface area contributed by atoms with Crippen molar-refractivity contribution in [3.05, 3.63) is 48.7 Å². The highest BCUT2D eigenvalue weighted by Gasteiger charge is 2.27. The molecule has 1 atom stereocenters. The van der Waals surface area contributed by atoms with Crippen molar-refractivity contribution < 1.29 is 4.79 Å². The Labute approximate surface area is 167 Å². The number of amides is 1. The van der Waals surface area contributed by atoms with E-state index in [0.717, 1.165) is 41.2 Å². The topological polar surface area (TPSA) is 58.1 Å². The maximum absolute atomic E-state index is 12.7. The predicted octanol–water partition coefficient (Wildman–Crippen LogP) is 4.28. The first-order chi connectivity index (χ1) is 13.2. The zero-order valence-corrected chi connectivity index (χ0v) is 16.8. The lowest BCUT2D eigenvalue weighted by atomic mass is 10.1. The Balaban J connectivity index is 1.30. The van der Waals surface area contributed by atoms with E-state index in [2.05, 4.69) is 26.3 Å². The summed E-state index contributed by atoms with van der Waals surface area (Å²) in [4.78, 5) is 23.8. The highest BCUT2D eigenvalue weighted by atomic mass is 32.2. The quantitative estimate of drug-likeness (QED) is 0.695. The highest BCUT2D eigenvalue weighted by molar-refractivity contribution is 7.99. The number of thiazole rings is 1. The van der Waals surface area contributed by atoms with E-state index < -0.39 is 0 Å². The Morgan fingerprint density at radius 1 is 1.22 bits per heavy atom. The first kappa shape index (κ1) is 18.4. The molecule has 1 aliphatic heterocycles. The number of hydrogen-bond acceptors (Lipinski definition) is 6. The van der Waals surface area contributed by atoms with Crippen LogP contribution in [0.4, 0.5) is 5.13 Å². The highest BCUT2D eigenvalue weighted by Crippen LogP contribution is 2.30. The summed E-state index contributed by atoms with van der Waals surface area (Å²) >= 11 is 3.36. The molecular weight excluding hydrogens is 376 g/mol. The average molecular weight is 399 g/mol. The maximum Gasteiger partial charge on any atom is 0.243 e. The average Bonchev–Trinajstić information content (AvgIpc) is 3.11. The normalized spacial score (nSPS) is 17.1. The number of piperidine rings is 1. The van der Waals surface area contributed by atoms with Gasteiger partial charge in [0, 0.05) is 11.4 Å². The molecule has 7 heteroatoms. The Morgan fingerprint density at radius 3 is 2.74 bits per heavy atom. The molecule has 0 aliphatic carbocycles. The second kappa shape index (κ2) is 8.37. The lowest BCUT2D eigenvalue weighted by Crippen LogP contribution is -2.46. The zero-order valence-electron chi connectivity index (χ0n) is 15.2. The van der Waals surface area contributed by atoms with E-state index in [0.29, 0.717) is 10.4 Å². The minimum absolute atomic E-state index is 0.0184. The smallest absolute Gasteiger partial charge is 0.243 e. The molecule has 4 rings (SSSR count). The third kappa shape index (κ3) is 4.48. The Bertz CT molecular complexity index is 874. The van der Waals surface area contributed by atoms with E-state index in [1.807, 2.05) is 61.3 Å². The van der Waals surface area contributed by atoms with Gasteiger partial charge in [-0.1, -0.05) is 29.5 Å². The van der Waals surface area contributed by atoms with Crippen molar-refractivity contribution in [3.8, 4) is 0 Å². The van der Waals surface area contributed by atoms with Gasteiger partial charge in [0.25, 0.3) is 0 Å². The number of anilines is 1. The van der Waals surface area contributed by atoms with Crippen molar-refractivity contribution in [1.82, 2.24) is 14.9 Å². The van der Waals surface area contributed by atoms with Crippen LogP contribution in [0.3, 0.4) is 0 Å². The van der Waals surface area contributed by atoms with E-state index >= 15 is 0 Å². The summed E-state index contributed by atoms with van der Waals surface area (Å²) in [6.07, 6.45) is 3.98. The number of hydrogen-bond donors (Lipinski definition) is 1. The van der Waals surface area contributed by atoms with Gasteiger partial charge in [-0.15, -0.1) is 11.8 Å². The van der Waals surface area contributed by atoms with Crippen LogP contribution in [0, 0.1) is 0 Å². The number of fused-ring (bicyclic) bond motifs is 1. The lowest BCUT2D eigenvalue weighted by molar-refractivity contribution is -0.121. The monoisotopic (exact) mass is 398 g/mol. The molecule has 1 aromatic carbocycles. The molecule has 1 saturated heterocycles. The second-order valence-corrected chi connectivity index (χ2v) is 9.02. The molecule has 0 radical (unpaired) electrons. The molecule has 3 aromatic rings. The van der Waals surface area contributed by atoms with Gasteiger partial charge in [0.15, 0.2) is 5.13 Å². The summed E-state index contributed by atoms with van der Waals surface area (Å²) < 4.78 is 1.09. The Kier molecular flexibility index (Phi) is 5.71. The van der Waals surface area contributed by atoms with Crippen LogP contribution in [0.25, 0.3) is 10.2 Å². The number of thioether (sulfide) groups is 1. The number of pyridine rings is 1. The van der Waals surface area contributed by atoms with Crippen molar-refractivity contribution in [3.63, 3.8) is 0 Å². The third-order valence-electron chi connectivity index (χ3n) is 4.85. The van der Waals surface area contributed by atoms with Gasteiger partial charge < -0.3 is 5.32 Å². The predicted molar refractivity (Wildman–Crippen MR) is 112 cm³/mol. The largest absolute Gasteiger partial charge is 0.301 e.